The van der Waals surface area contributed by atoms with Gasteiger partial charge in [0.15, 0.2) is 5.04 Å². The fourth-order valence-electron chi connectivity index (χ4n) is 2.01. The summed E-state index contributed by atoms with van der Waals surface area (Å²) in [5.74, 6) is -0.622. The van der Waals surface area contributed by atoms with Gasteiger partial charge in [0.1, 0.15) is 5.82 Å². The molecule has 0 amide bonds. The van der Waals surface area contributed by atoms with Crippen LogP contribution in [0.1, 0.15) is 11.1 Å². The summed E-state index contributed by atoms with van der Waals surface area (Å²) in [6.45, 7) is 0. The molecule has 101 valence electrons. The average Bonchev–Trinajstić information content (AvgIpc) is 2.83. The first-order chi connectivity index (χ1) is 9.56. The smallest absolute Gasteiger partial charge is 0.202 e. The Morgan fingerprint density at radius 3 is 2.55 bits per heavy atom. The van der Waals surface area contributed by atoms with E-state index in [2.05, 4.69) is 10.5 Å². The van der Waals surface area contributed by atoms with Crippen molar-refractivity contribution in [2.45, 2.75) is 5.75 Å². The van der Waals surface area contributed by atoms with Gasteiger partial charge in [0, 0.05) is 11.6 Å². The fraction of sp³-hybridized carbons (Fsp3) is 0.0714. The van der Waals surface area contributed by atoms with Crippen LogP contribution in [0.15, 0.2) is 53.6 Å². The molecule has 2 aromatic carbocycles. The predicted octanol–water partition coefficient (Wildman–Crippen LogP) is 2.35. The van der Waals surface area contributed by atoms with Gasteiger partial charge in [-0.25, -0.2) is 12.8 Å². The summed E-state index contributed by atoms with van der Waals surface area (Å²) in [5.41, 5.74) is 4.99. The van der Waals surface area contributed by atoms with E-state index in [1.165, 1.54) is 18.2 Å². The lowest BCUT2D eigenvalue weighted by molar-refractivity contribution is 0.606. The maximum atomic E-state index is 13.1. The maximum absolute atomic E-state index is 13.1. The highest BCUT2D eigenvalue weighted by molar-refractivity contribution is 8.06. The van der Waals surface area contributed by atoms with Crippen molar-refractivity contribution in [2.24, 2.45) is 5.10 Å². The number of nitrogens with zero attached hydrogens (tertiary/aromatic N) is 2. The SMILES string of the molecule is O=S(=O)(Cc1ccccc1)C1=N[N]c2cc(F)ccc21. The summed E-state index contributed by atoms with van der Waals surface area (Å²) < 4.78 is 37.8. The highest BCUT2D eigenvalue weighted by Crippen LogP contribution is 2.27. The van der Waals surface area contributed by atoms with Gasteiger partial charge in [-0.05, 0) is 17.7 Å². The van der Waals surface area contributed by atoms with Gasteiger partial charge in [0.05, 0.1) is 11.4 Å². The molecule has 0 N–H and O–H groups in total. The van der Waals surface area contributed by atoms with Crippen molar-refractivity contribution in [1.82, 2.24) is 5.43 Å². The van der Waals surface area contributed by atoms with E-state index in [1.807, 2.05) is 6.07 Å². The fourth-order valence-corrected chi connectivity index (χ4v) is 3.45. The zero-order chi connectivity index (χ0) is 14.2. The lowest BCUT2D eigenvalue weighted by atomic mass is 10.2. The highest BCUT2D eigenvalue weighted by atomic mass is 32.2. The second-order valence-corrected chi connectivity index (χ2v) is 6.32. The van der Waals surface area contributed by atoms with Crippen molar-refractivity contribution in [2.75, 3.05) is 0 Å². The van der Waals surface area contributed by atoms with Crippen molar-refractivity contribution < 1.29 is 12.8 Å². The second kappa shape index (κ2) is 4.72. The Hall–Kier alpha value is -2.21. The number of halogens is 1. The summed E-state index contributed by atoms with van der Waals surface area (Å²) in [6.07, 6.45) is 0. The number of fused-ring (bicyclic) bond motifs is 1. The van der Waals surface area contributed by atoms with E-state index in [9.17, 15) is 12.8 Å². The van der Waals surface area contributed by atoms with Crippen LogP contribution in [0.2, 0.25) is 0 Å². The maximum Gasteiger partial charge on any atom is 0.202 e. The largest absolute Gasteiger partial charge is 0.222 e. The van der Waals surface area contributed by atoms with Gasteiger partial charge in [-0.2, -0.15) is 0 Å². The summed E-state index contributed by atoms with van der Waals surface area (Å²) in [6, 6.07) is 12.6. The Balaban J connectivity index is 1.95. The van der Waals surface area contributed by atoms with Crippen LogP contribution in [-0.4, -0.2) is 13.5 Å². The summed E-state index contributed by atoms with van der Waals surface area (Å²) in [4.78, 5) is 0. The molecule has 20 heavy (non-hydrogen) atoms. The molecule has 4 nitrogen and oxygen atoms in total. The van der Waals surface area contributed by atoms with E-state index >= 15 is 0 Å². The van der Waals surface area contributed by atoms with Crippen molar-refractivity contribution in [1.29, 1.82) is 0 Å². The van der Waals surface area contributed by atoms with Crippen LogP contribution in [0, 0.1) is 5.82 Å². The van der Waals surface area contributed by atoms with E-state index in [0.717, 1.165) is 0 Å². The zero-order valence-corrected chi connectivity index (χ0v) is 11.1. The van der Waals surface area contributed by atoms with E-state index in [1.54, 1.807) is 24.3 Å². The quantitative estimate of drug-likeness (QED) is 0.852. The molecular weight excluding hydrogens is 279 g/mol. The van der Waals surface area contributed by atoms with Gasteiger partial charge < -0.3 is 0 Å². The first-order valence-electron chi connectivity index (χ1n) is 5.91. The van der Waals surface area contributed by atoms with E-state index in [0.29, 0.717) is 11.1 Å². The zero-order valence-electron chi connectivity index (χ0n) is 10.3. The predicted molar refractivity (Wildman–Crippen MR) is 73.8 cm³/mol. The van der Waals surface area contributed by atoms with Gasteiger partial charge in [0.25, 0.3) is 0 Å². The molecule has 3 rings (SSSR count). The van der Waals surface area contributed by atoms with Crippen molar-refractivity contribution in [3.8, 4) is 0 Å². The number of hydrogen-bond acceptors (Lipinski definition) is 3. The number of sulfone groups is 1. The highest BCUT2D eigenvalue weighted by Gasteiger charge is 2.29. The number of benzene rings is 2. The third-order valence-electron chi connectivity index (χ3n) is 2.93. The standard InChI is InChI=1S/C14H10FN2O2S/c15-11-6-7-12-13(8-11)16-17-14(12)20(18,19)9-10-4-2-1-3-5-10/h1-8H,9H2. The second-order valence-electron chi connectivity index (χ2n) is 4.41. The summed E-state index contributed by atoms with van der Waals surface area (Å²) >= 11 is 0. The van der Waals surface area contributed by atoms with Crippen LogP contribution in [0.3, 0.4) is 0 Å². The number of rotatable bonds is 2. The van der Waals surface area contributed by atoms with Crippen molar-refractivity contribution >= 4 is 20.6 Å². The molecule has 6 heteroatoms. The van der Waals surface area contributed by atoms with Gasteiger partial charge >= 0.3 is 0 Å². The molecule has 0 atom stereocenters. The Kier molecular flexibility index (Phi) is 3.02. The Bertz CT molecular complexity index is 786. The molecule has 0 fully saturated rings. The van der Waals surface area contributed by atoms with Crippen LogP contribution in [-0.2, 0) is 15.6 Å². The molecule has 0 aromatic heterocycles. The normalized spacial score (nSPS) is 13.6. The molecule has 1 aliphatic heterocycles. The molecule has 0 spiro atoms. The van der Waals surface area contributed by atoms with E-state index in [4.69, 9.17) is 0 Å². The molecule has 0 saturated heterocycles. The van der Waals surface area contributed by atoms with Crippen LogP contribution < -0.4 is 5.43 Å². The third kappa shape index (κ3) is 2.30. The van der Waals surface area contributed by atoms with Crippen LogP contribution in [0.25, 0.3) is 0 Å². The minimum absolute atomic E-state index is 0.101. The Labute approximate surface area is 115 Å². The third-order valence-corrected chi connectivity index (χ3v) is 4.54. The van der Waals surface area contributed by atoms with Gasteiger partial charge in [-0.15, -0.1) is 10.5 Å². The summed E-state index contributed by atoms with van der Waals surface area (Å²) in [7, 11) is -3.61. The van der Waals surface area contributed by atoms with E-state index in [-0.39, 0.29) is 16.5 Å². The minimum Gasteiger partial charge on any atom is -0.222 e. The summed E-state index contributed by atoms with van der Waals surface area (Å²) in [5, 5.41) is 3.60. The van der Waals surface area contributed by atoms with Gasteiger partial charge in [-0.1, -0.05) is 30.3 Å². The monoisotopic (exact) mass is 289 g/mol. The molecule has 0 bridgehead atoms. The molecular formula is C14H10FN2O2S. The lowest BCUT2D eigenvalue weighted by Crippen LogP contribution is -2.16. The first kappa shape index (κ1) is 12.8. The molecule has 0 saturated carbocycles. The van der Waals surface area contributed by atoms with Gasteiger partial charge in [0.2, 0.25) is 9.84 Å². The molecule has 2 aromatic rings. The van der Waals surface area contributed by atoms with Crippen molar-refractivity contribution in [3.05, 3.63) is 65.5 Å². The molecule has 0 unspecified atom stereocenters. The van der Waals surface area contributed by atoms with Crippen LogP contribution in [0.5, 0.6) is 0 Å². The number of hydrogen-bond donors (Lipinski definition) is 0. The van der Waals surface area contributed by atoms with E-state index < -0.39 is 15.7 Å². The average molecular weight is 289 g/mol. The minimum atomic E-state index is -3.61. The molecule has 0 aliphatic carbocycles. The van der Waals surface area contributed by atoms with Crippen molar-refractivity contribution in [3.63, 3.8) is 0 Å². The first-order valence-corrected chi connectivity index (χ1v) is 7.57. The topological polar surface area (TPSA) is 60.6 Å². The van der Waals surface area contributed by atoms with Gasteiger partial charge in [-0.3, -0.25) is 0 Å². The molecule has 1 aliphatic rings. The van der Waals surface area contributed by atoms with Crippen LogP contribution >= 0.6 is 0 Å². The lowest BCUT2D eigenvalue weighted by Gasteiger charge is -2.04. The Morgan fingerprint density at radius 2 is 1.80 bits per heavy atom. The molecule has 1 heterocycles. The molecule has 1 radical (unpaired) electrons. The van der Waals surface area contributed by atoms with Crippen LogP contribution in [0.4, 0.5) is 10.1 Å². The Morgan fingerprint density at radius 1 is 1.05 bits per heavy atom.